The van der Waals surface area contributed by atoms with Crippen LogP contribution in [0.15, 0.2) is 24.9 Å². The number of hydrogen-bond acceptors (Lipinski definition) is 1. The van der Waals surface area contributed by atoms with Gasteiger partial charge < -0.3 is 0 Å². The van der Waals surface area contributed by atoms with Crippen LogP contribution in [0.25, 0.3) is 11.8 Å². The van der Waals surface area contributed by atoms with Gasteiger partial charge in [0, 0.05) is 11.8 Å². The molecule has 1 aromatic carbocycles. The van der Waals surface area contributed by atoms with E-state index in [1.807, 2.05) is 0 Å². The van der Waals surface area contributed by atoms with Crippen LogP contribution in [0, 0.1) is 0 Å². The summed E-state index contributed by atoms with van der Waals surface area (Å²) in [6.07, 6.45) is -7.62. The van der Waals surface area contributed by atoms with Crippen LogP contribution in [0.1, 0.15) is 16.8 Å². The zero-order valence-electron chi connectivity index (χ0n) is 10.9. The molecular weight excluding hydrogens is 369 g/mol. The van der Waals surface area contributed by atoms with Crippen LogP contribution < -0.4 is 0 Å². The zero-order chi connectivity index (χ0) is 17.6. The van der Waals surface area contributed by atoms with E-state index in [1.165, 1.54) is 0 Å². The van der Waals surface area contributed by atoms with Gasteiger partial charge in [0.2, 0.25) is 0 Å². The fourth-order valence-electron chi connectivity index (χ4n) is 1.82. The summed E-state index contributed by atoms with van der Waals surface area (Å²) in [5, 5.41) is 2.33. The fourth-order valence-corrected chi connectivity index (χ4v) is 2.48. The second kappa shape index (κ2) is 5.76. The molecule has 0 aliphatic carbocycles. The quantitative estimate of drug-likeness (QED) is 0.602. The van der Waals surface area contributed by atoms with Gasteiger partial charge in [0.25, 0.3) is 0 Å². The van der Waals surface area contributed by atoms with E-state index >= 15 is 0 Å². The SMILES string of the molecule is C=Cc1cn(-c2c(Cl)cc(C(F)(F)F)cc2Cl)nc1C(F)(F)F. The average Bonchev–Trinajstić information content (AvgIpc) is 2.80. The summed E-state index contributed by atoms with van der Waals surface area (Å²) in [7, 11) is 0. The van der Waals surface area contributed by atoms with Gasteiger partial charge >= 0.3 is 12.4 Å². The first-order chi connectivity index (χ1) is 10.4. The normalized spacial score (nSPS) is 12.5. The number of alkyl halides is 6. The van der Waals surface area contributed by atoms with Crippen molar-refractivity contribution in [3.8, 4) is 5.69 Å². The van der Waals surface area contributed by atoms with Gasteiger partial charge in [-0.1, -0.05) is 35.9 Å². The Morgan fingerprint density at radius 2 is 1.52 bits per heavy atom. The third-order valence-electron chi connectivity index (χ3n) is 2.80. The lowest BCUT2D eigenvalue weighted by atomic mass is 10.2. The Morgan fingerprint density at radius 1 is 1.00 bits per heavy atom. The second-order valence-corrected chi connectivity index (χ2v) is 5.18. The average molecular weight is 375 g/mol. The molecule has 124 valence electrons. The lowest BCUT2D eigenvalue weighted by Crippen LogP contribution is -2.09. The summed E-state index contributed by atoms with van der Waals surface area (Å²) >= 11 is 11.5. The summed E-state index contributed by atoms with van der Waals surface area (Å²) in [4.78, 5) is 0. The van der Waals surface area contributed by atoms with Gasteiger partial charge in [-0.15, -0.1) is 0 Å². The van der Waals surface area contributed by atoms with E-state index < -0.39 is 33.7 Å². The van der Waals surface area contributed by atoms with Crippen LogP contribution in [0.2, 0.25) is 10.0 Å². The van der Waals surface area contributed by atoms with Crippen LogP contribution in [0.3, 0.4) is 0 Å². The van der Waals surface area contributed by atoms with E-state index in [4.69, 9.17) is 23.2 Å². The topological polar surface area (TPSA) is 17.8 Å². The summed E-state index contributed by atoms with van der Waals surface area (Å²) < 4.78 is 77.2. The van der Waals surface area contributed by atoms with Crippen molar-refractivity contribution in [2.75, 3.05) is 0 Å². The molecule has 0 N–H and O–H groups in total. The minimum Gasteiger partial charge on any atom is -0.237 e. The van der Waals surface area contributed by atoms with E-state index in [2.05, 4.69) is 11.7 Å². The van der Waals surface area contributed by atoms with E-state index in [1.54, 1.807) is 0 Å². The molecule has 2 nitrogen and oxygen atoms in total. The highest BCUT2D eigenvalue weighted by Gasteiger charge is 2.37. The first kappa shape index (κ1) is 17.7. The molecule has 1 aromatic heterocycles. The van der Waals surface area contributed by atoms with Gasteiger partial charge in [-0.3, -0.25) is 0 Å². The van der Waals surface area contributed by atoms with Crippen molar-refractivity contribution in [1.82, 2.24) is 9.78 Å². The molecule has 0 fully saturated rings. The van der Waals surface area contributed by atoms with Crippen molar-refractivity contribution in [3.05, 3.63) is 51.8 Å². The lowest BCUT2D eigenvalue weighted by molar-refractivity contribution is -0.141. The van der Waals surface area contributed by atoms with Crippen molar-refractivity contribution in [2.45, 2.75) is 12.4 Å². The van der Waals surface area contributed by atoms with Gasteiger partial charge in [0.1, 0.15) is 5.69 Å². The number of benzene rings is 1. The maximum absolute atomic E-state index is 12.8. The molecule has 2 rings (SSSR count). The molecule has 1 heterocycles. The van der Waals surface area contributed by atoms with Crippen LogP contribution in [0.4, 0.5) is 26.3 Å². The van der Waals surface area contributed by atoms with Gasteiger partial charge in [0.05, 0.1) is 15.6 Å². The molecule has 0 saturated carbocycles. The maximum Gasteiger partial charge on any atom is 0.435 e. The molecule has 0 atom stereocenters. The molecular formula is C13H6Cl2F6N2. The van der Waals surface area contributed by atoms with Gasteiger partial charge in [-0.05, 0) is 12.1 Å². The van der Waals surface area contributed by atoms with Crippen molar-refractivity contribution >= 4 is 29.3 Å². The molecule has 0 bridgehead atoms. The molecule has 2 aromatic rings. The first-order valence-corrected chi connectivity index (χ1v) is 6.56. The molecule has 0 aliphatic rings. The predicted molar refractivity (Wildman–Crippen MR) is 73.7 cm³/mol. The first-order valence-electron chi connectivity index (χ1n) is 5.81. The number of nitrogens with zero attached hydrogens (tertiary/aromatic N) is 2. The summed E-state index contributed by atoms with van der Waals surface area (Å²) in [5.41, 5.74) is -3.02. The van der Waals surface area contributed by atoms with Crippen molar-refractivity contribution < 1.29 is 26.3 Å². The van der Waals surface area contributed by atoms with Crippen LogP contribution >= 0.6 is 23.2 Å². The Hall–Kier alpha value is -1.67. The Kier molecular flexibility index (Phi) is 4.42. The highest BCUT2D eigenvalue weighted by atomic mass is 35.5. The molecule has 0 radical (unpaired) electrons. The molecule has 10 heteroatoms. The molecule has 0 amide bonds. The number of hydrogen-bond donors (Lipinski definition) is 0. The molecule has 0 spiro atoms. The number of halogens is 8. The monoisotopic (exact) mass is 374 g/mol. The largest absolute Gasteiger partial charge is 0.435 e. The van der Waals surface area contributed by atoms with E-state index in [0.29, 0.717) is 16.8 Å². The van der Waals surface area contributed by atoms with Crippen molar-refractivity contribution in [2.24, 2.45) is 0 Å². The summed E-state index contributed by atoms with van der Waals surface area (Å²) in [5.74, 6) is 0. The zero-order valence-corrected chi connectivity index (χ0v) is 12.4. The Morgan fingerprint density at radius 3 is 1.87 bits per heavy atom. The Bertz CT molecular complexity index is 738. The minimum absolute atomic E-state index is 0.292. The summed E-state index contributed by atoms with van der Waals surface area (Å²) in [6, 6.07) is 1.12. The molecule has 0 aliphatic heterocycles. The smallest absolute Gasteiger partial charge is 0.237 e. The number of rotatable bonds is 2. The highest BCUT2D eigenvalue weighted by molar-refractivity contribution is 6.37. The molecule has 23 heavy (non-hydrogen) atoms. The van der Waals surface area contributed by atoms with Crippen LogP contribution in [0.5, 0.6) is 0 Å². The standard InChI is InChI=1S/C13H6Cl2F6N2/c1-2-6-5-23(22-11(6)13(19,20)21)10-8(14)3-7(4-9(10)15)12(16,17)18/h2-5H,1H2. The van der Waals surface area contributed by atoms with Gasteiger partial charge in [0.15, 0.2) is 5.69 Å². The van der Waals surface area contributed by atoms with Crippen molar-refractivity contribution in [1.29, 1.82) is 0 Å². The highest BCUT2D eigenvalue weighted by Crippen LogP contribution is 2.38. The van der Waals surface area contributed by atoms with E-state index in [0.717, 1.165) is 12.3 Å². The third kappa shape index (κ3) is 3.48. The van der Waals surface area contributed by atoms with Gasteiger partial charge in [-0.25, -0.2) is 4.68 Å². The Labute approximate surface area is 135 Å². The molecule has 0 saturated heterocycles. The van der Waals surface area contributed by atoms with Crippen molar-refractivity contribution in [3.63, 3.8) is 0 Å². The van der Waals surface area contributed by atoms with E-state index in [9.17, 15) is 26.3 Å². The maximum atomic E-state index is 12.8. The number of aromatic nitrogens is 2. The molecule has 0 unspecified atom stereocenters. The fraction of sp³-hybridized carbons (Fsp3) is 0.154. The second-order valence-electron chi connectivity index (χ2n) is 4.37. The van der Waals surface area contributed by atoms with E-state index in [-0.39, 0.29) is 11.3 Å². The van der Waals surface area contributed by atoms with Crippen LogP contribution in [-0.2, 0) is 12.4 Å². The Balaban J connectivity index is 2.64. The van der Waals surface area contributed by atoms with Crippen LogP contribution in [-0.4, -0.2) is 9.78 Å². The minimum atomic E-state index is -4.76. The lowest BCUT2D eigenvalue weighted by Gasteiger charge is -2.12. The van der Waals surface area contributed by atoms with Gasteiger partial charge in [-0.2, -0.15) is 31.4 Å². The third-order valence-corrected chi connectivity index (χ3v) is 3.38. The predicted octanol–water partition coefficient (Wildman–Crippen LogP) is 5.86. The summed E-state index contributed by atoms with van der Waals surface area (Å²) in [6.45, 7) is 3.24.